The van der Waals surface area contributed by atoms with Crippen LogP contribution in [0.25, 0.3) is 22.5 Å². The minimum Gasteiger partial charge on any atom is -0.356 e. The molecule has 2 heterocycles. The molecular formula is C27H22FN3O3. The summed E-state index contributed by atoms with van der Waals surface area (Å²) in [7, 11) is 0. The monoisotopic (exact) mass is 455 g/mol. The van der Waals surface area contributed by atoms with Gasteiger partial charge in [0, 0.05) is 30.3 Å². The lowest BCUT2D eigenvalue weighted by molar-refractivity contribution is -0.126. The molecule has 0 saturated carbocycles. The fourth-order valence-corrected chi connectivity index (χ4v) is 4.06. The molecule has 1 atom stereocenters. The van der Waals surface area contributed by atoms with Crippen LogP contribution in [-0.4, -0.2) is 23.5 Å². The fraction of sp³-hybridized carbons (Fsp3) is 0.148. The van der Waals surface area contributed by atoms with Crippen molar-refractivity contribution in [2.45, 2.75) is 13.0 Å². The zero-order chi connectivity index (χ0) is 23.5. The van der Waals surface area contributed by atoms with Crippen LogP contribution in [0.15, 0.2) is 89.5 Å². The summed E-state index contributed by atoms with van der Waals surface area (Å²) in [5.74, 6) is -0.621. The van der Waals surface area contributed by atoms with Crippen LogP contribution in [0.4, 0.5) is 10.1 Å². The third-order valence-corrected chi connectivity index (χ3v) is 5.91. The van der Waals surface area contributed by atoms with E-state index in [4.69, 9.17) is 4.52 Å². The van der Waals surface area contributed by atoms with Gasteiger partial charge in [0.05, 0.1) is 12.5 Å². The largest absolute Gasteiger partial charge is 0.356 e. The number of nitrogens with one attached hydrogen (secondary N) is 1. The van der Waals surface area contributed by atoms with Gasteiger partial charge in [0.1, 0.15) is 11.5 Å². The molecule has 4 aromatic rings. The van der Waals surface area contributed by atoms with Crippen LogP contribution in [0.1, 0.15) is 12.1 Å². The number of aromatic nitrogens is 1. The molecule has 1 saturated heterocycles. The van der Waals surface area contributed by atoms with E-state index in [-0.39, 0.29) is 37.1 Å². The molecular weight excluding hydrogens is 433 g/mol. The first kappa shape index (κ1) is 21.6. The molecule has 1 unspecified atom stereocenters. The molecule has 7 heteroatoms. The van der Waals surface area contributed by atoms with Crippen LogP contribution in [-0.2, 0) is 16.1 Å². The van der Waals surface area contributed by atoms with Crippen molar-refractivity contribution in [2.24, 2.45) is 5.92 Å². The summed E-state index contributed by atoms with van der Waals surface area (Å²) in [6, 6.07) is 25.6. The van der Waals surface area contributed by atoms with Crippen LogP contribution in [0.2, 0.25) is 0 Å². The number of rotatable bonds is 6. The number of hydrogen-bond acceptors (Lipinski definition) is 4. The van der Waals surface area contributed by atoms with Gasteiger partial charge in [-0.2, -0.15) is 0 Å². The van der Waals surface area contributed by atoms with Crippen molar-refractivity contribution < 1.29 is 18.5 Å². The molecule has 1 aliphatic rings. The maximum Gasteiger partial charge on any atom is 0.227 e. The number of carbonyl (C=O) groups is 2. The van der Waals surface area contributed by atoms with E-state index in [2.05, 4.69) is 22.6 Å². The van der Waals surface area contributed by atoms with Gasteiger partial charge < -0.3 is 14.7 Å². The Morgan fingerprint density at radius 1 is 0.971 bits per heavy atom. The van der Waals surface area contributed by atoms with Crippen molar-refractivity contribution in [2.75, 3.05) is 11.4 Å². The molecule has 34 heavy (non-hydrogen) atoms. The quantitative estimate of drug-likeness (QED) is 0.453. The summed E-state index contributed by atoms with van der Waals surface area (Å²) >= 11 is 0. The van der Waals surface area contributed by atoms with Gasteiger partial charge in [-0.3, -0.25) is 9.59 Å². The van der Waals surface area contributed by atoms with Gasteiger partial charge in [-0.05, 0) is 35.4 Å². The van der Waals surface area contributed by atoms with Crippen molar-refractivity contribution in [3.8, 4) is 22.5 Å². The Morgan fingerprint density at radius 3 is 2.38 bits per heavy atom. The minimum absolute atomic E-state index is 0.112. The van der Waals surface area contributed by atoms with Crippen LogP contribution in [0, 0.1) is 11.7 Å². The van der Waals surface area contributed by atoms with Crippen molar-refractivity contribution in [1.29, 1.82) is 0 Å². The van der Waals surface area contributed by atoms with E-state index in [9.17, 15) is 14.0 Å². The van der Waals surface area contributed by atoms with Gasteiger partial charge in [0.2, 0.25) is 11.8 Å². The van der Waals surface area contributed by atoms with Crippen molar-refractivity contribution >= 4 is 17.5 Å². The average molecular weight is 455 g/mol. The normalized spacial score (nSPS) is 15.5. The van der Waals surface area contributed by atoms with E-state index in [0.717, 1.165) is 16.7 Å². The minimum atomic E-state index is -0.477. The highest BCUT2D eigenvalue weighted by atomic mass is 19.1. The lowest BCUT2D eigenvalue weighted by Gasteiger charge is -2.16. The van der Waals surface area contributed by atoms with E-state index >= 15 is 0 Å². The first-order chi connectivity index (χ1) is 16.6. The molecule has 3 aromatic carbocycles. The van der Waals surface area contributed by atoms with E-state index < -0.39 is 5.92 Å². The number of amides is 2. The standard InChI is InChI=1S/C27H22FN3O3/c28-22-10-12-24(13-11-22)31-17-21(14-26(31)32)27(33)29-16-23-15-25(34-30-23)20-8-6-19(7-9-20)18-4-2-1-3-5-18/h1-13,15,21H,14,16-17H2,(H,29,33). The van der Waals surface area contributed by atoms with Crippen LogP contribution >= 0.6 is 0 Å². The Balaban J connectivity index is 1.18. The first-order valence-corrected chi connectivity index (χ1v) is 11.0. The van der Waals surface area contributed by atoms with Crippen molar-refractivity contribution in [1.82, 2.24) is 10.5 Å². The highest BCUT2D eigenvalue weighted by molar-refractivity contribution is 6.00. The second kappa shape index (κ2) is 9.31. The Bertz CT molecular complexity index is 1300. The molecule has 1 aromatic heterocycles. The third-order valence-electron chi connectivity index (χ3n) is 5.91. The lowest BCUT2D eigenvalue weighted by Crippen LogP contribution is -2.32. The van der Waals surface area contributed by atoms with Crippen molar-refractivity contribution in [3.63, 3.8) is 0 Å². The predicted molar refractivity (Wildman–Crippen MR) is 126 cm³/mol. The molecule has 6 nitrogen and oxygen atoms in total. The van der Waals surface area contributed by atoms with Gasteiger partial charge in [0.15, 0.2) is 5.76 Å². The molecule has 0 bridgehead atoms. The van der Waals surface area contributed by atoms with Crippen LogP contribution in [0.5, 0.6) is 0 Å². The molecule has 2 amide bonds. The van der Waals surface area contributed by atoms with Crippen LogP contribution < -0.4 is 10.2 Å². The van der Waals surface area contributed by atoms with Crippen LogP contribution in [0.3, 0.4) is 0 Å². The third kappa shape index (κ3) is 4.59. The SMILES string of the molecule is O=C(NCc1cc(-c2ccc(-c3ccccc3)cc2)on1)C1CC(=O)N(c2ccc(F)cc2)C1. The van der Waals surface area contributed by atoms with Crippen molar-refractivity contribution in [3.05, 3.63) is 96.4 Å². The molecule has 5 rings (SSSR count). The Labute approximate surface area is 196 Å². The smallest absolute Gasteiger partial charge is 0.227 e. The maximum absolute atomic E-state index is 13.2. The fourth-order valence-electron chi connectivity index (χ4n) is 4.06. The van der Waals surface area contributed by atoms with Gasteiger partial charge in [0.25, 0.3) is 0 Å². The van der Waals surface area contributed by atoms with E-state index in [1.165, 1.54) is 29.2 Å². The first-order valence-electron chi connectivity index (χ1n) is 11.0. The average Bonchev–Trinajstić information content (AvgIpc) is 3.51. The summed E-state index contributed by atoms with van der Waals surface area (Å²) < 4.78 is 18.6. The summed E-state index contributed by atoms with van der Waals surface area (Å²) in [6.45, 7) is 0.458. The van der Waals surface area contributed by atoms with Gasteiger partial charge in [-0.1, -0.05) is 59.8 Å². The Hall–Kier alpha value is -4.26. The van der Waals surface area contributed by atoms with Gasteiger partial charge in [-0.15, -0.1) is 0 Å². The summed E-state index contributed by atoms with van der Waals surface area (Å²) in [5.41, 5.74) is 4.31. The zero-order valence-electron chi connectivity index (χ0n) is 18.3. The molecule has 0 aliphatic carbocycles. The Kier molecular flexibility index (Phi) is 5.91. The summed E-state index contributed by atoms with van der Waals surface area (Å²) in [4.78, 5) is 26.5. The zero-order valence-corrected chi connectivity index (χ0v) is 18.3. The molecule has 1 fully saturated rings. The second-order valence-corrected chi connectivity index (χ2v) is 8.23. The number of anilines is 1. The molecule has 170 valence electrons. The van der Waals surface area contributed by atoms with Gasteiger partial charge in [-0.25, -0.2) is 4.39 Å². The predicted octanol–water partition coefficient (Wildman–Crippen LogP) is 4.82. The Morgan fingerprint density at radius 2 is 1.65 bits per heavy atom. The van der Waals surface area contributed by atoms with Gasteiger partial charge >= 0.3 is 0 Å². The highest BCUT2D eigenvalue weighted by Gasteiger charge is 2.35. The molecule has 0 radical (unpaired) electrons. The number of benzene rings is 3. The number of hydrogen-bond donors (Lipinski definition) is 1. The summed E-state index contributed by atoms with van der Waals surface area (Å²) in [6.07, 6.45) is 0.112. The second-order valence-electron chi connectivity index (χ2n) is 8.23. The molecule has 1 N–H and O–H groups in total. The number of carbonyl (C=O) groups excluding carboxylic acids is 2. The highest BCUT2D eigenvalue weighted by Crippen LogP contribution is 2.27. The van der Waals surface area contributed by atoms with E-state index in [0.29, 0.717) is 17.1 Å². The van der Waals surface area contributed by atoms with E-state index in [1.807, 2.05) is 42.5 Å². The molecule has 1 aliphatic heterocycles. The molecule has 0 spiro atoms. The summed E-state index contributed by atoms with van der Waals surface area (Å²) in [5, 5.41) is 6.89. The number of nitrogens with zero attached hydrogens (tertiary/aromatic N) is 2. The topological polar surface area (TPSA) is 75.4 Å². The maximum atomic E-state index is 13.2. The number of halogens is 1. The lowest BCUT2D eigenvalue weighted by atomic mass is 10.0. The van der Waals surface area contributed by atoms with E-state index in [1.54, 1.807) is 6.07 Å².